The molecule has 0 fully saturated rings. The Bertz CT molecular complexity index is 1550. The number of hydrogen-bond acceptors (Lipinski definition) is 6. The van der Waals surface area contributed by atoms with Crippen LogP contribution >= 0.6 is 0 Å². The minimum Gasteiger partial charge on any atom is -0.392 e. The maximum Gasteiger partial charge on any atom is 0.418 e. The number of aryl methyl sites for hydroxylation is 1. The monoisotopic (exact) mass is 558 g/mol. The second-order valence-electron chi connectivity index (χ2n) is 9.46. The molecular formula is C27H26F4N6O3. The third kappa shape index (κ3) is 5.29. The number of ether oxygens (including phenoxy) is 1. The molecule has 3 aromatic heterocycles. The zero-order valence-corrected chi connectivity index (χ0v) is 21.6. The molecule has 210 valence electrons. The fourth-order valence-electron chi connectivity index (χ4n) is 4.86. The standard InChI is InChI=1S/C27H26F4N6O3/c1-35-25(5-6-33-35)34-24-9-21(22(10-32-24)27(29,30)31)18-8-23-26(39)37(20(15-40-2)13-36(23)11-18)12-17-7-19(28)4-3-16(17)14-38/h3-11,20,38H,12-15H2,1-2H3,(H,32,34). The van der Waals surface area contributed by atoms with E-state index in [4.69, 9.17) is 4.74 Å². The maximum atomic E-state index is 14.0. The summed E-state index contributed by atoms with van der Waals surface area (Å²) in [6.45, 7) is 0.0307. The van der Waals surface area contributed by atoms with Crippen LogP contribution in [0.5, 0.6) is 0 Å². The Kier molecular flexibility index (Phi) is 7.34. The van der Waals surface area contributed by atoms with Gasteiger partial charge in [-0.15, -0.1) is 0 Å². The fourth-order valence-corrected chi connectivity index (χ4v) is 4.86. The number of aliphatic hydroxyl groups is 1. The van der Waals surface area contributed by atoms with Gasteiger partial charge in [-0.3, -0.25) is 9.48 Å². The summed E-state index contributed by atoms with van der Waals surface area (Å²) in [4.78, 5) is 19.1. The van der Waals surface area contributed by atoms with Gasteiger partial charge in [0.2, 0.25) is 0 Å². The number of pyridine rings is 1. The molecule has 0 saturated carbocycles. The lowest BCUT2D eigenvalue weighted by Gasteiger charge is -2.36. The zero-order valence-electron chi connectivity index (χ0n) is 21.6. The molecule has 1 aromatic carbocycles. The van der Waals surface area contributed by atoms with Crippen LogP contribution in [-0.2, 0) is 37.7 Å². The molecule has 0 bridgehead atoms. The number of carbonyl (C=O) groups is 1. The van der Waals surface area contributed by atoms with Crippen LogP contribution in [0.3, 0.4) is 0 Å². The predicted octanol–water partition coefficient (Wildman–Crippen LogP) is 4.35. The predicted molar refractivity (Wildman–Crippen MR) is 137 cm³/mol. The highest BCUT2D eigenvalue weighted by molar-refractivity contribution is 5.95. The van der Waals surface area contributed by atoms with Crippen LogP contribution in [0.4, 0.5) is 29.2 Å². The van der Waals surface area contributed by atoms with Crippen molar-refractivity contribution in [1.29, 1.82) is 0 Å². The molecule has 0 radical (unpaired) electrons. The molecule has 1 atom stereocenters. The number of nitrogens with zero attached hydrogens (tertiary/aromatic N) is 5. The van der Waals surface area contributed by atoms with Gasteiger partial charge in [-0.25, -0.2) is 9.37 Å². The number of anilines is 2. The van der Waals surface area contributed by atoms with Gasteiger partial charge in [0.05, 0.1) is 31.0 Å². The van der Waals surface area contributed by atoms with E-state index < -0.39 is 29.5 Å². The Labute approximate surface area is 226 Å². The summed E-state index contributed by atoms with van der Waals surface area (Å²) in [6.07, 6.45) is -0.890. The number of aliphatic hydroxyl groups excluding tert-OH is 1. The van der Waals surface area contributed by atoms with Crippen LogP contribution in [-0.4, -0.2) is 55.0 Å². The van der Waals surface area contributed by atoms with Gasteiger partial charge in [-0.1, -0.05) is 6.07 Å². The minimum atomic E-state index is -4.69. The van der Waals surface area contributed by atoms with Gasteiger partial charge in [0.1, 0.15) is 23.1 Å². The van der Waals surface area contributed by atoms with E-state index in [-0.39, 0.29) is 48.9 Å². The Balaban J connectivity index is 1.54. The Morgan fingerprint density at radius 1 is 1.18 bits per heavy atom. The van der Waals surface area contributed by atoms with E-state index in [9.17, 15) is 27.5 Å². The lowest BCUT2D eigenvalue weighted by atomic mass is 10.0. The van der Waals surface area contributed by atoms with E-state index in [0.29, 0.717) is 16.9 Å². The van der Waals surface area contributed by atoms with Crippen molar-refractivity contribution in [2.45, 2.75) is 31.9 Å². The first-order chi connectivity index (χ1) is 19.1. The van der Waals surface area contributed by atoms with Crippen molar-refractivity contribution in [3.63, 3.8) is 0 Å². The molecule has 13 heteroatoms. The molecule has 1 unspecified atom stereocenters. The Hall–Kier alpha value is -4.23. The SMILES string of the molecule is COCC1Cn2cc(-c3cc(Nc4ccnn4C)ncc3C(F)(F)F)cc2C(=O)N1Cc1cc(F)ccc1CO. The highest BCUT2D eigenvalue weighted by Crippen LogP contribution is 2.39. The Morgan fingerprint density at radius 2 is 1.98 bits per heavy atom. The lowest BCUT2D eigenvalue weighted by Crippen LogP contribution is -2.49. The van der Waals surface area contributed by atoms with Gasteiger partial charge in [-0.05, 0) is 35.4 Å². The third-order valence-electron chi connectivity index (χ3n) is 6.86. The van der Waals surface area contributed by atoms with E-state index in [0.717, 1.165) is 6.20 Å². The van der Waals surface area contributed by atoms with Crippen molar-refractivity contribution in [1.82, 2.24) is 24.2 Å². The van der Waals surface area contributed by atoms with Gasteiger partial charge in [0.25, 0.3) is 5.91 Å². The number of fused-ring (bicyclic) bond motifs is 1. The van der Waals surface area contributed by atoms with Crippen LogP contribution < -0.4 is 5.32 Å². The number of hydrogen-bond donors (Lipinski definition) is 2. The fraction of sp³-hybridized carbons (Fsp3) is 0.296. The summed E-state index contributed by atoms with van der Waals surface area (Å²) in [5.41, 5.74) is 0.158. The molecule has 1 aliphatic rings. The molecule has 40 heavy (non-hydrogen) atoms. The zero-order chi connectivity index (χ0) is 28.6. The summed E-state index contributed by atoms with van der Waals surface area (Å²) in [5, 5.41) is 16.7. The van der Waals surface area contributed by atoms with Crippen LogP contribution in [0, 0.1) is 5.82 Å². The molecule has 0 spiro atoms. The number of alkyl halides is 3. The second-order valence-corrected chi connectivity index (χ2v) is 9.46. The van der Waals surface area contributed by atoms with Crippen molar-refractivity contribution >= 4 is 17.5 Å². The van der Waals surface area contributed by atoms with Gasteiger partial charge in [0.15, 0.2) is 0 Å². The number of aromatic nitrogens is 4. The van der Waals surface area contributed by atoms with Gasteiger partial charge in [-0.2, -0.15) is 18.3 Å². The summed E-state index contributed by atoms with van der Waals surface area (Å²) < 4.78 is 64.5. The number of methoxy groups -OCH3 is 1. The summed E-state index contributed by atoms with van der Waals surface area (Å²) in [6, 6.07) is 7.79. The number of nitrogens with one attached hydrogen (secondary N) is 1. The highest BCUT2D eigenvalue weighted by Gasteiger charge is 2.37. The molecule has 9 nitrogen and oxygen atoms in total. The molecule has 4 heterocycles. The van der Waals surface area contributed by atoms with Gasteiger partial charge >= 0.3 is 6.18 Å². The molecule has 1 aliphatic heterocycles. The van der Waals surface area contributed by atoms with Crippen molar-refractivity contribution in [2.75, 3.05) is 19.0 Å². The molecule has 5 rings (SSSR count). The number of halogens is 4. The summed E-state index contributed by atoms with van der Waals surface area (Å²) >= 11 is 0. The van der Waals surface area contributed by atoms with Crippen LogP contribution in [0.25, 0.3) is 11.1 Å². The normalized spacial score (nSPS) is 15.4. The van der Waals surface area contributed by atoms with Crippen LogP contribution in [0.1, 0.15) is 27.2 Å². The minimum absolute atomic E-state index is 0.0111. The van der Waals surface area contributed by atoms with Crippen LogP contribution in [0.2, 0.25) is 0 Å². The van der Waals surface area contributed by atoms with Gasteiger partial charge in [0, 0.05) is 56.8 Å². The highest BCUT2D eigenvalue weighted by atomic mass is 19.4. The molecule has 0 aliphatic carbocycles. The quantitative estimate of drug-likeness (QED) is 0.312. The summed E-state index contributed by atoms with van der Waals surface area (Å²) in [5.74, 6) is -0.270. The van der Waals surface area contributed by atoms with E-state index in [1.54, 1.807) is 17.7 Å². The van der Waals surface area contributed by atoms with Crippen molar-refractivity contribution in [3.05, 3.63) is 83.2 Å². The second kappa shape index (κ2) is 10.7. The van der Waals surface area contributed by atoms with E-state index >= 15 is 0 Å². The number of amides is 1. The lowest BCUT2D eigenvalue weighted by molar-refractivity contribution is -0.137. The number of benzene rings is 1. The average Bonchev–Trinajstić information content (AvgIpc) is 3.52. The smallest absolute Gasteiger partial charge is 0.392 e. The van der Waals surface area contributed by atoms with E-state index in [2.05, 4.69) is 15.4 Å². The number of rotatable bonds is 8. The molecule has 2 N–H and O–H groups in total. The van der Waals surface area contributed by atoms with E-state index in [1.807, 2.05) is 0 Å². The van der Waals surface area contributed by atoms with Crippen molar-refractivity contribution in [3.8, 4) is 11.1 Å². The first-order valence-corrected chi connectivity index (χ1v) is 12.3. The van der Waals surface area contributed by atoms with Crippen molar-refractivity contribution in [2.24, 2.45) is 7.05 Å². The first kappa shape index (κ1) is 27.3. The summed E-state index contributed by atoms with van der Waals surface area (Å²) in [7, 11) is 3.15. The molecular weight excluding hydrogens is 532 g/mol. The van der Waals surface area contributed by atoms with Crippen molar-refractivity contribution < 1.29 is 32.2 Å². The topological polar surface area (TPSA) is 97.4 Å². The average molecular weight is 559 g/mol. The van der Waals surface area contributed by atoms with Crippen LogP contribution in [0.15, 0.2) is 55.0 Å². The largest absolute Gasteiger partial charge is 0.418 e. The van der Waals surface area contributed by atoms with Gasteiger partial charge < -0.3 is 24.6 Å². The number of carbonyl (C=O) groups excluding carboxylic acids is 1. The third-order valence-corrected chi connectivity index (χ3v) is 6.86. The maximum absolute atomic E-state index is 14.0. The van der Waals surface area contributed by atoms with E-state index in [1.165, 1.54) is 59.4 Å². The first-order valence-electron chi connectivity index (χ1n) is 12.3. The molecule has 0 saturated heterocycles. The molecule has 4 aromatic rings. The molecule has 1 amide bonds. The Morgan fingerprint density at radius 3 is 2.65 bits per heavy atom.